The lowest BCUT2D eigenvalue weighted by Crippen LogP contribution is -2.24. The van der Waals surface area contributed by atoms with E-state index in [9.17, 15) is 15.0 Å². The number of nitrogen functional groups attached to an aromatic ring is 1. The van der Waals surface area contributed by atoms with Crippen LogP contribution in [0.4, 0.5) is 5.82 Å². The second-order valence-electron chi connectivity index (χ2n) is 7.86. The van der Waals surface area contributed by atoms with Gasteiger partial charge in [-0.2, -0.15) is 0 Å². The van der Waals surface area contributed by atoms with E-state index in [1.165, 1.54) is 6.33 Å². The number of carbonyl (C=O) groups excluding carboxylic acids is 1. The molecule has 0 aliphatic carbocycles. The van der Waals surface area contributed by atoms with Gasteiger partial charge >= 0.3 is 0 Å². The molecule has 158 valence electrons. The molecule has 1 aliphatic rings. The van der Waals surface area contributed by atoms with Crippen LogP contribution in [-0.4, -0.2) is 49.3 Å². The molecule has 31 heavy (non-hydrogen) atoms. The van der Waals surface area contributed by atoms with Crippen LogP contribution in [0.1, 0.15) is 29.9 Å². The van der Waals surface area contributed by atoms with Gasteiger partial charge in [-0.05, 0) is 35.4 Å². The van der Waals surface area contributed by atoms with Crippen LogP contribution < -0.4 is 5.73 Å². The van der Waals surface area contributed by atoms with Crippen molar-refractivity contribution >= 4 is 33.4 Å². The van der Waals surface area contributed by atoms with E-state index in [1.54, 1.807) is 6.92 Å². The number of rotatable bonds is 4. The molecule has 0 amide bonds. The van der Waals surface area contributed by atoms with Crippen LogP contribution in [0.5, 0.6) is 0 Å². The molecule has 0 saturated carbocycles. The third-order valence-electron chi connectivity index (χ3n) is 5.89. The van der Waals surface area contributed by atoms with Crippen LogP contribution >= 0.6 is 0 Å². The largest absolute Gasteiger partial charge is 0.394 e. The van der Waals surface area contributed by atoms with Gasteiger partial charge in [0.25, 0.3) is 0 Å². The SMILES string of the molecule is CC(=O)c1ccc2cc(-c3cn([C@H]4C[C@H](O)[C@@H](CO)O4)c4ncnc(N)c34)ccc2c1. The highest BCUT2D eigenvalue weighted by Crippen LogP contribution is 2.38. The molecule has 8 nitrogen and oxygen atoms in total. The molecule has 1 fully saturated rings. The number of hydrogen-bond acceptors (Lipinski definition) is 7. The number of hydrogen-bond donors (Lipinski definition) is 3. The molecule has 1 saturated heterocycles. The van der Waals surface area contributed by atoms with Gasteiger partial charge < -0.3 is 25.3 Å². The number of ketones is 1. The van der Waals surface area contributed by atoms with Gasteiger partial charge in [-0.25, -0.2) is 9.97 Å². The number of benzene rings is 2. The van der Waals surface area contributed by atoms with Crippen molar-refractivity contribution in [3.05, 3.63) is 54.5 Å². The van der Waals surface area contributed by atoms with E-state index in [2.05, 4.69) is 9.97 Å². The molecule has 3 heterocycles. The number of nitrogens with zero attached hydrogens (tertiary/aromatic N) is 3. The second-order valence-corrected chi connectivity index (χ2v) is 7.86. The summed E-state index contributed by atoms with van der Waals surface area (Å²) in [5, 5.41) is 22.3. The van der Waals surface area contributed by atoms with Crippen LogP contribution in [0.25, 0.3) is 32.9 Å². The Kier molecular flexibility index (Phi) is 4.70. The highest BCUT2D eigenvalue weighted by molar-refractivity contribution is 6.03. The van der Waals surface area contributed by atoms with Crippen molar-refractivity contribution in [3.8, 4) is 11.1 Å². The quantitative estimate of drug-likeness (QED) is 0.435. The Hall–Kier alpha value is -3.33. The summed E-state index contributed by atoms with van der Waals surface area (Å²) in [4.78, 5) is 20.3. The molecule has 0 spiro atoms. The van der Waals surface area contributed by atoms with Crippen molar-refractivity contribution in [1.29, 1.82) is 0 Å². The molecule has 3 atom stereocenters. The van der Waals surface area contributed by atoms with Gasteiger partial charge in [0.15, 0.2) is 5.78 Å². The summed E-state index contributed by atoms with van der Waals surface area (Å²) in [6.45, 7) is 1.30. The van der Waals surface area contributed by atoms with Crippen molar-refractivity contribution in [3.63, 3.8) is 0 Å². The van der Waals surface area contributed by atoms with Gasteiger partial charge in [0.05, 0.1) is 18.1 Å². The summed E-state index contributed by atoms with van der Waals surface area (Å²) in [5.41, 5.74) is 9.26. The first-order valence-corrected chi connectivity index (χ1v) is 10.1. The maximum Gasteiger partial charge on any atom is 0.159 e. The fraction of sp³-hybridized carbons (Fsp3) is 0.261. The van der Waals surface area contributed by atoms with Crippen LogP contribution in [0.15, 0.2) is 48.9 Å². The minimum Gasteiger partial charge on any atom is -0.394 e. The van der Waals surface area contributed by atoms with Gasteiger partial charge in [0.2, 0.25) is 0 Å². The number of nitrogens with two attached hydrogens (primary N) is 1. The molecule has 0 unspecified atom stereocenters. The summed E-state index contributed by atoms with van der Waals surface area (Å²) >= 11 is 0. The number of carbonyl (C=O) groups is 1. The number of aliphatic hydroxyl groups excluding tert-OH is 2. The standard InChI is InChI=1S/C23H22N4O4/c1-12(29)13-2-3-15-7-16(5-4-14(15)6-13)17-9-27(20-8-18(30)19(10-28)31-20)23-21(17)22(24)25-11-26-23/h2-7,9,11,18-20,28,30H,8,10H2,1H3,(H2,24,25,26)/t18-,19+,20+/m0/s1. The average Bonchev–Trinajstić information content (AvgIpc) is 3.34. The Morgan fingerprint density at radius 3 is 2.74 bits per heavy atom. The summed E-state index contributed by atoms with van der Waals surface area (Å²) in [5.74, 6) is 0.377. The first kappa shape index (κ1) is 19.6. The number of anilines is 1. The number of aromatic nitrogens is 3. The van der Waals surface area contributed by atoms with E-state index in [0.717, 1.165) is 21.9 Å². The van der Waals surface area contributed by atoms with E-state index in [1.807, 2.05) is 47.2 Å². The van der Waals surface area contributed by atoms with E-state index >= 15 is 0 Å². The zero-order valence-corrected chi connectivity index (χ0v) is 16.9. The average molecular weight is 418 g/mol. The van der Waals surface area contributed by atoms with Crippen LogP contribution in [0, 0.1) is 0 Å². The molecule has 1 aliphatic heterocycles. The number of Topliss-reactive ketones (excluding diaryl/α,β-unsaturated/α-hetero) is 1. The predicted molar refractivity (Wildman–Crippen MR) is 117 cm³/mol. The fourth-order valence-corrected chi connectivity index (χ4v) is 4.23. The summed E-state index contributed by atoms with van der Waals surface area (Å²) in [7, 11) is 0. The number of ether oxygens (including phenoxy) is 1. The van der Waals surface area contributed by atoms with Crippen LogP contribution in [0.2, 0.25) is 0 Å². The van der Waals surface area contributed by atoms with Crippen LogP contribution in [0.3, 0.4) is 0 Å². The first-order chi connectivity index (χ1) is 15.0. The maximum atomic E-state index is 11.7. The Labute approximate surface area is 177 Å². The van der Waals surface area contributed by atoms with E-state index in [-0.39, 0.29) is 12.4 Å². The minimum atomic E-state index is -0.758. The van der Waals surface area contributed by atoms with Gasteiger partial charge in [-0.3, -0.25) is 4.79 Å². The zero-order valence-electron chi connectivity index (χ0n) is 16.9. The van der Waals surface area contributed by atoms with Crippen molar-refractivity contribution < 1.29 is 19.7 Å². The Morgan fingerprint density at radius 1 is 1.23 bits per heavy atom. The molecule has 2 aromatic heterocycles. The Balaban J connectivity index is 1.65. The number of fused-ring (bicyclic) bond motifs is 2. The highest BCUT2D eigenvalue weighted by Gasteiger charge is 2.35. The number of aliphatic hydroxyl groups is 2. The van der Waals surface area contributed by atoms with E-state index < -0.39 is 18.4 Å². The van der Waals surface area contributed by atoms with Gasteiger partial charge in [0, 0.05) is 23.7 Å². The van der Waals surface area contributed by atoms with Crippen molar-refractivity contribution in [1.82, 2.24) is 14.5 Å². The fourth-order valence-electron chi connectivity index (χ4n) is 4.23. The van der Waals surface area contributed by atoms with Gasteiger partial charge in [-0.15, -0.1) is 0 Å². The Morgan fingerprint density at radius 2 is 2.00 bits per heavy atom. The summed E-state index contributed by atoms with van der Waals surface area (Å²) < 4.78 is 7.68. The monoisotopic (exact) mass is 418 g/mol. The lowest BCUT2D eigenvalue weighted by atomic mass is 9.99. The molecule has 5 rings (SSSR count). The maximum absolute atomic E-state index is 11.7. The highest BCUT2D eigenvalue weighted by atomic mass is 16.5. The van der Waals surface area contributed by atoms with Crippen molar-refractivity contribution in [2.75, 3.05) is 12.3 Å². The molecule has 0 bridgehead atoms. The zero-order chi connectivity index (χ0) is 21.7. The molecule has 4 N–H and O–H groups in total. The third-order valence-corrected chi connectivity index (χ3v) is 5.89. The molecule has 2 aromatic carbocycles. The molecular weight excluding hydrogens is 396 g/mol. The van der Waals surface area contributed by atoms with Crippen molar-refractivity contribution in [2.24, 2.45) is 0 Å². The minimum absolute atomic E-state index is 0.0268. The first-order valence-electron chi connectivity index (χ1n) is 10.1. The molecular formula is C23H22N4O4. The van der Waals surface area contributed by atoms with Gasteiger partial charge in [0.1, 0.15) is 30.1 Å². The lowest BCUT2D eigenvalue weighted by Gasteiger charge is -2.14. The molecule has 0 radical (unpaired) electrons. The third kappa shape index (κ3) is 3.25. The smallest absolute Gasteiger partial charge is 0.159 e. The Bertz CT molecular complexity index is 1320. The second kappa shape index (κ2) is 7.42. The van der Waals surface area contributed by atoms with Gasteiger partial charge in [-0.1, -0.05) is 24.3 Å². The molecule has 4 aromatic rings. The lowest BCUT2D eigenvalue weighted by molar-refractivity contribution is -0.0430. The molecule has 8 heteroatoms. The van der Waals surface area contributed by atoms with E-state index in [0.29, 0.717) is 28.8 Å². The summed E-state index contributed by atoms with van der Waals surface area (Å²) in [6.07, 6.45) is 1.77. The normalized spacial score (nSPS) is 21.2. The summed E-state index contributed by atoms with van der Waals surface area (Å²) in [6, 6.07) is 11.6. The topological polar surface area (TPSA) is 123 Å². The van der Waals surface area contributed by atoms with Crippen molar-refractivity contribution in [2.45, 2.75) is 31.8 Å². The predicted octanol–water partition coefficient (Wildman–Crippen LogP) is 2.68. The van der Waals surface area contributed by atoms with E-state index in [4.69, 9.17) is 10.5 Å². The van der Waals surface area contributed by atoms with Crippen LogP contribution in [-0.2, 0) is 4.74 Å².